The molecule has 38 heavy (non-hydrogen) atoms. The standard InChI is InChI=1S/C27H23FN8O2/c1-15(18-6-8-20(28)9-7-18)35-27(38)21-10-17(11-29)13-34-26(21)33-12-16-2-4-19(5-3-16)22-14-32-24(30)23(36-22)25(31)37/h2-10,13-15H,12H2,1H3,(H2,30,32)(H2,31,37)(H,33,34)(H,35,38)/t15-/m0/s1. The van der Waals surface area contributed by atoms with Crippen LogP contribution in [0.1, 0.15) is 50.5 Å². The van der Waals surface area contributed by atoms with Gasteiger partial charge in [0.15, 0.2) is 11.5 Å². The van der Waals surface area contributed by atoms with Gasteiger partial charge in [-0.25, -0.2) is 19.3 Å². The number of hydrogen-bond acceptors (Lipinski definition) is 8. The summed E-state index contributed by atoms with van der Waals surface area (Å²) >= 11 is 0. The number of carbonyl (C=O) groups excluding carboxylic acids is 2. The Morgan fingerprint density at radius 3 is 2.45 bits per heavy atom. The summed E-state index contributed by atoms with van der Waals surface area (Å²) in [4.78, 5) is 37.0. The van der Waals surface area contributed by atoms with Gasteiger partial charge >= 0.3 is 0 Å². The highest BCUT2D eigenvalue weighted by Crippen LogP contribution is 2.21. The number of hydrogen-bond donors (Lipinski definition) is 4. The van der Waals surface area contributed by atoms with Crippen LogP contribution in [-0.2, 0) is 6.54 Å². The van der Waals surface area contributed by atoms with Crippen LogP contribution in [0.5, 0.6) is 0 Å². The SMILES string of the molecule is C[C@H](NC(=O)c1cc(C#N)cnc1NCc1ccc(-c2cnc(N)c(C(N)=O)n2)cc1)c1ccc(F)cc1. The molecule has 6 N–H and O–H groups in total. The van der Waals surface area contributed by atoms with Gasteiger partial charge in [0.25, 0.3) is 11.8 Å². The second-order valence-electron chi connectivity index (χ2n) is 8.38. The number of pyridine rings is 1. The molecule has 2 amide bonds. The van der Waals surface area contributed by atoms with Crippen LogP contribution in [-0.4, -0.2) is 26.8 Å². The van der Waals surface area contributed by atoms with Crippen LogP contribution >= 0.6 is 0 Å². The number of anilines is 2. The predicted octanol–water partition coefficient (Wildman–Crippen LogP) is 3.33. The number of benzene rings is 2. The quantitative estimate of drug-likeness (QED) is 0.279. The molecule has 4 rings (SSSR count). The molecule has 0 aliphatic carbocycles. The minimum atomic E-state index is -0.764. The van der Waals surface area contributed by atoms with Crippen molar-refractivity contribution in [3.63, 3.8) is 0 Å². The molecule has 190 valence electrons. The second kappa shape index (κ2) is 11.1. The number of halogens is 1. The number of aromatic nitrogens is 3. The van der Waals surface area contributed by atoms with Crippen LogP contribution in [0.2, 0.25) is 0 Å². The number of carbonyl (C=O) groups is 2. The maximum atomic E-state index is 13.2. The van der Waals surface area contributed by atoms with Crippen LogP contribution in [0, 0.1) is 17.1 Å². The third kappa shape index (κ3) is 5.88. The first-order chi connectivity index (χ1) is 18.2. The Labute approximate surface area is 217 Å². The minimum absolute atomic E-state index is 0.0381. The fourth-order valence-corrected chi connectivity index (χ4v) is 3.65. The van der Waals surface area contributed by atoms with E-state index in [1.165, 1.54) is 30.6 Å². The third-order valence-corrected chi connectivity index (χ3v) is 5.72. The van der Waals surface area contributed by atoms with E-state index in [-0.39, 0.29) is 28.5 Å². The molecule has 0 bridgehead atoms. The highest BCUT2D eigenvalue weighted by molar-refractivity contribution is 5.99. The number of amides is 2. The zero-order valence-electron chi connectivity index (χ0n) is 20.3. The highest BCUT2D eigenvalue weighted by atomic mass is 19.1. The first-order valence-corrected chi connectivity index (χ1v) is 11.5. The van der Waals surface area contributed by atoms with E-state index in [4.69, 9.17) is 11.5 Å². The highest BCUT2D eigenvalue weighted by Gasteiger charge is 2.17. The lowest BCUT2D eigenvalue weighted by molar-refractivity contribution is 0.0939. The molecule has 2 aromatic heterocycles. The number of nitrogens with one attached hydrogen (secondary N) is 2. The molecule has 0 unspecified atom stereocenters. The summed E-state index contributed by atoms with van der Waals surface area (Å²) in [5, 5.41) is 15.3. The first-order valence-electron chi connectivity index (χ1n) is 11.5. The maximum Gasteiger partial charge on any atom is 0.271 e. The fraction of sp³-hybridized carbons (Fsp3) is 0.111. The van der Waals surface area contributed by atoms with Crippen LogP contribution in [0.25, 0.3) is 11.3 Å². The van der Waals surface area contributed by atoms with Crippen LogP contribution in [0.3, 0.4) is 0 Å². The summed E-state index contributed by atoms with van der Waals surface area (Å²) in [6.07, 6.45) is 2.83. The van der Waals surface area contributed by atoms with E-state index in [0.29, 0.717) is 23.6 Å². The molecule has 11 heteroatoms. The van der Waals surface area contributed by atoms with E-state index in [1.807, 2.05) is 18.2 Å². The Kier molecular flexibility index (Phi) is 7.53. The van der Waals surface area contributed by atoms with Crippen molar-refractivity contribution in [2.45, 2.75) is 19.5 Å². The van der Waals surface area contributed by atoms with Crippen LogP contribution < -0.4 is 22.1 Å². The van der Waals surface area contributed by atoms with E-state index in [9.17, 15) is 19.2 Å². The van der Waals surface area contributed by atoms with E-state index in [1.54, 1.807) is 31.2 Å². The lowest BCUT2D eigenvalue weighted by Crippen LogP contribution is -2.28. The zero-order valence-corrected chi connectivity index (χ0v) is 20.3. The van der Waals surface area contributed by atoms with Crippen LogP contribution in [0.15, 0.2) is 67.0 Å². The normalized spacial score (nSPS) is 11.3. The number of nitrogen functional groups attached to an aromatic ring is 1. The van der Waals surface area contributed by atoms with Gasteiger partial charge in [-0.3, -0.25) is 9.59 Å². The van der Waals surface area contributed by atoms with E-state index in [0.717, 1.165) is 11.1 Å². The van der Waals surface area contributed by atoms with Crippen molar-refractivity contribution in [1.82, 2.24) is 20.3 Å². The fourth-order valence-electron chi connectivity index (χ4n) is 3.65. The Morgan fingerprint density at radius 1 is 1.08 bits per heavy atom. The molecule has 0 saturated carbocycles. The zero-order chi connectivity index (χ0) is 27.2. The smallest absolute Gasteiger partial charge is 0.271 e. The Morgan fingerprint density at radius 2 is 1.79 bits per heavy atom. The molecule has 0 aliphatic heterocycles. The van der Waals surface area contributed by atoms with Crippen molar-refractivity contribution in [2.24, 2.45) is 5.73 Å². The molecule has 4 aromatic rings. The number of primary amides is 1. The van der Waals surface area contributed by atoms with Gasteiger partial charge in [0.2, 0.25) is 0 Å². The molecule has 0 radical (unpaired) electrons. The molecule has 10 nitrogen and oxygen atoms in total. The number of rotatable bonds is 8. The largest absolute Gasteiger partial charge is 0.382 e. The topological polar surface area (TPSA) is 173 Å². The molecule has 2 aromatic carbocycles. The van der Waals surface area contributed by atoms with Crippen molar-refractivity contribution >= 4 is 23.5 Å². The molecular weight excluding hydrogens is 487 g/mol. The molecule has 0 aliphatic rings. The molecule has 0 spiro atoms. The van der Waals surface area contributed by atoms with Crippen molar-refractivity contribution in [1.29, 1.82) is 5.26 Å². The van der Waals surface area contributed by atoms with Gasteiger partial charge in [-0.2, -0.15) is 5.26 Å². The third-order valence-electron chi connectivity index (χ3n) is 5.72. The second-order valence-corrected chi connectivity index (χ2v) is 8.38. The molecule has 2 heterocycles. The van der Waals surface area contributed by atoms with Crippen molar-refractivity contribution < 1.29 is 14.0 Å². The van der Waals surface area contributed by atoms with E-state index >= 15 is 0 Å². The minimum Gasteiger partial charge on any atom is -0.382 e. The Balaban J connectivity index is 1.49. The summed E-state index contributed by atoms with van der Waals surface area (Å²) in [6, 6.07) is 16.2. The Bertz CT molecular complexity index is 1530. The molecule has 0 saturated heterocycles. The van der Waals surface area contributed by atoms with Gasteiger partial charge in [-0.15, -0.1) is 0 Å². The van der Waals surface area contributed by atoms with E-state index < -0.39 is 17.9 Å². The van der Waals surface area contributed by atoms with Gasteiger partial charge in [0.05, 0.1) is 29.1 Å². The van der Waals surface area contributed by atoms with Gasteiger partial charge in [0, 0.05) is 18.3 Å². The summed E-state index contributed by atoms with van der Waals surface area (Å²) in [6.45, 7) is 2.10. The van der Waals surface area contributed by atoms with Crippen molar-refractivity contribution in [3.05, 3.63) is 101 Å². The summed E-state index contributed by atoms with van der Waals surface area (Å²) < 4.78 is 13.2. The van der Waals surface area contributed by atoms with Crippen molar-refractivity contribution in [3.8, 4) is 17.3 Å². The molecular formula is C27H23FN8O2. The number of nitriles is 1. The lowest BCUT2D eigenvalue weighted by atomic mass is 10.1. The summed E-state index contributed by atoms with van der Waals surface area (Å²) in [7, 11) is 0. The van der Waals surface area contributed by atoms with Gasteiger partial charge in [-0.1, -0.05) is 36.4 Å². The average Bonchev–Trinajstić information content (AvgIpc) is 2.92. The number of nitrogens with zero attached hydrogens (tertiary/aromatic N) is 4. The predicted molar refractivity (Wildman–Crippen MR) is 139 cm³/mol. The number of nitrogens with two attached hydrogens (primary N) is 2. The van der Waals surface area contributed by atoms with E-state index in [2.05, 4.69) is 25.6 Å². The first kappa shape index (κ1) is 25.7. The lowest BCUT2D eigenvalue weighted by Gasteiger charge is -2.16. The molecule has 0 fully saturated rings. The van der Waals surface area contributed by atoms with Crippen molar-refractivity contribution in [2.75, 3.05) is 11.1 Å². The monoisotopic (exact) mass is 510 g/mol. The molecule has 1 atom stereocenters. The maximum absolute atomic E-state index is 13.2. The average molecular weight is 511 g/mol. The summed E-state index contributed by atoms with van der Waals surface area (Å²) in [5.74, 6) is -1.30. The van der Waals surface area contributed by atoms with Crippen LogP contribution in [0.4, 0.5) is 16.0 Å². The Hall–Kier alpha value is -5.37. The van der Waals surface area contributed by atoms with Gasteiger partial charge < -0.3 is 22.1 Å². The summed E-state index contributed by atoms with van der Waals surface area (Å²) in [5.41, 5.74) is 14.0. The van der Waals surface area contributed by atoms with Gasteiger partial charge in [0.1, 0.15) is 17.7 Å². The van der Waals surface area contributed by atoms with Gasteiger partial charge in [-0.05, 0) is 36.2 Å².